The number of carbonyl (C=O) groups excluding carboxylic acids is 1. The molecule has 6 heteroatoms. The molecule has 1 atom stereocenters. The van der Waals surface area contributed by atoms with Crippen molar-refractivity contribution in [3.05, 3.63) is 29.6 Å². The molecule has 1 fully saturated rings. The number of morpholine rings is 1. The quantitative estimate of drug-likeness (QED) is 0.853. The summed E-state index contributed by atoms with van der Waals surface area (Å²) in [7, 11) is 0. The maximum absolute atomic E-state index is 13.4. The van der Waals surface area contributed by atoms with Crippen LogP contribution in [0.25, 0.3) is 0 Å². The summed E-state index contributed by atoms with van der Waals surface area (Å²) in [5.41, 5.74) is 0.0369. The molecule has 1 aliphatic heterocycles. The number of amides is 1. The fourth-order valence-corrected chi connectivity index (χ4v) is 1.90. The van der Waals surface area contributed by atoms with Crippen molar-refractivity contribution in [1.82, 2.24) is 5.32 Å². The molecule has 0 radical (unpaired) electrons. The number of ether oxygens (including phenoxy) is 1. The number of nitrogens with zero attached hydrogens (tertiary/aromatic N) is 1. The van der Waals surface area contributed by atoms with Crippen molar-refractivity contribution >= 4 is 11.6 Å². The zero-order chi connectivity index (χ0) is 13.7. The van der Waals surface area contributed by atoms with Gasteiger partial charge >= 0.3 is 0 Å². The van der Waals surface area contributed by atoms with Gasteiger partial charge in [-0.05, 0) is 12.1 Å². The molecule has 0 spiro atoms. The highest BCUT2D eigenvalue weighted by atomic mass is 19.1. The number of nitrogens with one attached hydrogen (secondary N) is 2. The molecular formula is C13H14FN3O2. The van der Waals surface area contributed by atoms with E-state index < -0.39 is 5.82 Å². The van der Waals surface area contributed by atoms with E-state index in [1.54, 1.807) is 6.07 Å². The molecule has 2 N–H and O–H groups in total. The Morgan fingerprint density at radius 1 is 1.63 bits per heavy atom. The number of carbonyl (C=O) groups is 1. The van der Waals surface area contributed by atoms with Crippen LogP contribution in [0.4, 0.5) is 10.1 Å². The molecule has 19 heavy (non-hydrogen) atoms. The molecule has 1 aromatic carbocycles. The van der Waals surface area contributed by atoms with Crippen LogP contribution in [0.5, 0.6) is 0 Å². The first kappa shape index (κ1) is 13.5. The van der Waals surface area contributed by atoms with E-state index in [4.69, 9.17) is 10.00 Å². The maximum Gasteiger partial charge on any atom is 0.227 e. The first-order valence-electron chi connectivity index (χ1n) is 6.01. The summed E-state index contributed by atoms with van der Waals surface area (Å²) in [5, 5.41) is 14.5. The molecule has 1 amide bonds. The Morgan fingerprint density at radius 3 is 3.16 bits per heavy atom. The molecule has 1 heterocycles. The highest BCUT2D eigenvalue weighted by Gasteiger charge is 2.18. The van der Waals surface area contributed by atoms with E-state index in [-0.39, 0.29) is 29.7 Å². The summed E-state index contributed by atoms with van der Waals surface area (Å²) in [6, 6.07) is 5.87. The summed E-state index contributed by atoms with van der Waals surface area (Å²) in [5.74, 6) is -0.938. The lowest BCUT2D eigenvalue weighted by atomic mass is 10.1. The molecule has 2 rings (SSSR count). The Bertz CT molecular complexity index is 507. The number of nitriles is 1. The van der Waals surface area contributed by atoms with Crippen LogP contribution in [0.2, 0.25) is 0 Å². The molecule has 1 aromatic rings. The van der Waals surface area contributed by atoms with Gasteiger partial charge in [-0.2, -0.15) is 5.26 Å². The van der Waals surface area contributed by atoms with Gasteiger partial charge in [0, 0.05) is 13.1 Å². The zero-order valence-corrected chi connectivity index (χ0v) is 10.3. The molecular weight excluding hydrogens is 249 g/mol. The van der Waals surface area contributed by atoms with Crippen molar-refractivity contribution in [3.8, 4) is 6.07 Å². The monoisotopic (exact) mass is 263 g/mol. The Morgan fingerprint density at radius 2 is 2.47 bits per heavy atom. The second-order valence-corrected chi connectivity index (χ2v) is 4.22. The van der Waals surface area contributed by atoms with E-state index >= 15 is 0 Å². The number of anilines is 1. The number of hydrogen-bond acceptors (Lipinski definition) is 4. The van der Waals surface area contributed by atoms with Crippen LogP contribution in [0.15, 0.2) is 18.2 Å². The van der Waals surface area contributed by atoms with Crippen LogP contribution in [-0.2, 0) is 9.53 Å². The molecule has 0 saturated carbocycles. The summed E-state index contributed by atoms with van der Waals surface area (Å²) >= 11 is 0. The van der Waals surface area contributed by atoms with E-state index in [1.807, 2.05) is 0 Å². The molecule has 0 aromatic heterocycles. The maximum atomic E-state index is 13.4. The van der Waals surface area contributed by atoms with Gasteiger partial charge in [-0.3, -0.25) is 4.79 Å². The number of halogens is 1. The molecule has 1 unspecified atom stereocenters. The normalized spacial score (nSPS) is 18.6. The van der Waals surface area contributed by atoms with Gasteiger partial charge in [-0.15, -0.1) is 0 Å². The number of hydrogen-bond donors (Lipinski definition) is 2. The first-order chi connectivity index (χ1) is 9.20. The molecule has 0 aliphatic carbocycles. The lowest BCUT2D eigenvalue weighted by Crippen LogP contribution is -2.40. The summed E-state index contributed by atoms with van der Waals surface area (Å²) in [6.07, 6.45) is -0.0122. The van der Waals surface area contributed by atoms with Gasteiger partial charge in [0.1, 0.15) is 17.4 Å². The van der Waals surface area contributed by atoms with Crippen LogP contribution >= 0.6 is 0 Å². The van der Waals surface area contributed by atoms with Crippen LogP contribution in [0.3, 0.4) is 0 Å². The van der Waals surface area contributed by atoms with Gasteiger partial charge in [-0.1, -0.05) is 6.07 Å². The standard InChI is InChI=1S/C13H14FN3O2/c14-11-2-1-3-12(10(11)7-15)17-13(18)6-9-8-16-4-5-19-9/h1-3,9,16H,4-6,8H2,(H,17,18). The van der Waals surface area contributed by atoms with Crippen molar-refractivity contribution < 1.29 is 13.9 Å². The minimum absolute atomic E-state index is 0.154. The van der Waals surface area contributed by atoms with Crippen molar-refractivity contribution in [2.24, 2.45) is 0 Å². The second kappa shape index (κ2) is 6.27. The third-order valence-electron chi connectivity index (χ3n) is 2.82. The number of rotatable bonds is 3. The van der Waals surface area contributed by atoms with E-state index in [0.29, 0.717) is 13.2 Å². The Kier molecular flexibility index (Phi) is 4.44. The minimum Gasteiger partial charge on any atom is -0.375 e. The van der Waals surface area contributed by atoms with Gasteiger partial charge in [0.05, 0.1) is 24.8 Å². The second-order valence-electron chi connectivity index (χ2n) is 4.22. The van der Waals surface area contributed by atoms with Gasteiger partial charge in [-0.25, -0.2) is 4.39 Å². The lowest BCUT2D eigenvalue weighted by Gasteiger charge is -2.23. The topological polar surface area (TPSA) is 74.2 Å². The van der Waals surface area contributed by atoms with Gasteiger partial charge in [0.25, 0.3) is 0 Å². The fourth-order valence-electron chi connectivity index (χ4n) is 1.90. The number of benzene rings is 1. The molecule has 100 valence electrons. The predicted molar refractivity (Wildman–Crippen MR) is 67.0 cm³/mol. The summed E-state index contributed by atoms with van der Waals surface area (Å²) < 4.78 is 18.8. The Labute approximate surface area is 110 Å². The van der Waals surface area contributed by atoms with Crippen molar-refractivity contribution in [3.63, 3.8) is 0 Å². The van der Waals surface area contributed by atoms with Crippen molar-refractivity contribution in [1.29, 1.82) is 5.26 Å². The van der Waals surface area contributed by atoms with Crippen LogP contribution < -0.4 is 10.6 Å². The Hall–Kier alpha value is -1.97. The fraction of sp³-hybridized carbons (Fsp3) is 0.385. The van der Waals surface area contributed by atoms with Gasteiger partial charge in [0.2, 0.25) is 5.91 Å². The van der Waals surface area contributed by atoms with Crippen LogP contribution in [0, 0.1) is 17.1 Å². The van der Waals surface area contributed by atoms with Crippen LogP contribution in [-0.4, -0.2) is 31.7 Å². The van der Waals surface area contributed by atoms with E-state index in [1.165, 1.54) is 18.2 Å². The summed E-state index contributed by atoms with van der Waals surface area (Å²) in [4.78, 5) is 11.8. The molecule has 0 bridgehead atoms. The van der Waals surface area contributed by atoms with E-state index in [2.05, 4.69) is 10.6 Å². The van der Waals surface area contributed by atoms with Gasteiger partial charge in [0.15, 0.2) is 0 Å². The molecule has 1 aliphatic rings. The molecule has 5 nitrogen and oxygen atoms in total. The average molecular weight is 263 g/mol. The largest absolute Gasteiger partial charge is 0.375 e. The lowest BCUT2D eigenvalue weighted by molar-refractivity contribution is -0.119. The van der Waals surface area contributed by atoms with Crippen molar-refractivity contribution in [2.75, 3.05) is 25.0 Å². The highest BCUT2D eigenvalue weighted by Crippen LogP contribution is 2.18. The highest BCUT2D eigenvalue weighted by molar-refractivity contribution is 5.92. The smallest absolute Gasteiger partial charge is 0.227 e. The van der Waals surface area contributed by atoms with E-state index in [0.717, 1.165) is 6.54 Å². The predicted octanol–water partition coefficient (Wildman–Crippen LogP) is 1.01. The third kappa shape index (κ3) is 3.50. The first-order valence-corrected chi connectivity index (χ1v) is 6.01. The van der Waals surface area contributed by atoms with Crippen LogP contribution in [0.1, 0.15) is 12.0 Å². The van der Waals surface area contributed by atoms with E-state index in [9.17, 15) is 9.18 Å². The van der Waals surface area contributed by atoms with Gasteiger partial charge < -0.3 is 15.4 Å². The summed E-state index contributed by atoms with van der Waals surface area (Å²) in [6.45, 7) is 1.96. The average Bonchev–Trinajstić information content (AvgIpc) is 2.40. The minimum atomic E-state index is -0.643. The molecule has 1 saturated heterocycles. The third-order valence-corrected chi connectivity index (χ3v) is 2.82. The van der Waals surface area contributed by atoms with Crippen molar-refractivity contribution in [2.45, 2.75) is 12.5 Å². The Balaban J connectivity index is 1.99. The SMILES string of the molecule is N#Cc1c(F)cccc1NC(=O)CC1CNCCO1. The zero-order valence-electron chi connectivity index (χ0n) is 10.3.